The van der Waals surface area contributed by atoms with Crippen LogP contribution in [0.15, 0.2) is 18.2 Å². The zero-order valence-corrected chi connectivity index (χ0v) is 10.0. The van der Waals surface area contributed by atoms with Crippen molar-refractivity contribution < 1.29 is 13.6 Å². The van der Waals surface area contributed by atoms with Crippen LogP contribution in [0.25, 0.3) is 0 Å². The predicted octanol–water partition coefficient (Wildman–Crippen LogP) is 3.00. The number of rotatable bonds is 2. The summed E-state index contributed by atoms with van der Waals surface area (Å²) >= 11 is 3.31. The van der Waals surface area contributed by atoms with Gasteiger partial charge in [-0.25, -0.2) is 8.78 Å². The fourth-order valence-electron chi connectivity index (χ4n) is 1.47. The van der Waals surface area contributed by atoms with Gasteiger partial charge in [0.2, 0.25) is 0 Å². The van der Waals surface area contributed by atoms with Crippen molar-refractivity contribution in [3.63, 3.8) is 0 Å². The summed E-state index contributed by atoms with van der Waals surface area (Å²) in [7, 11) is 0. The summed E-state index contributed by atoms with van der Waals surface area (Å²) in [5.41, 5.74) is 0.263. The third-order valence-electron chi connectivity index (χ3n) is 2.31. The van der Waals surface area contributed by atoms with E-state index in [9.17, 15) is 13.6 Å². The number of hydrogen-bond acceptors (Lipinski definition) is 3. The third-order valence-corrected chi connectivity index (χ3v) is 5.07. The average Bonchev–Trinajstić information content (AvgIpc) is 2.33. The minimum absolute atomic E-state index is 0.101. The van der Waals surface area contributed by atoms with E-state index < -0.39 is 11.6 Å². The van der Waals surface area contributed by atoms with Gasteiger partial charge < -0.3 is 0 Å². The highest BCUT2D eigenvalue weighted by atomic mass is 32.2. The summed E-state index contributed by atoms with van der Waals surface area (Å²) in [5, 5.41) is -0.122. The highest BCUT2D eigenvalue weighted by Gasteiger charge is 2.23. The van der Waals surface area contributed by atoms with Crippen molar-refractivity contribution in [3.8, 4) is 0 Å². The first-order valence-electron chi connectivity index (χ1n) is 4.87. The van der Waals surface area contributed by atoms with Crippen molar-refractivity contribution >= 4 is 29.3 Å². The number of carbonyl (C=O) groups is 1. The van der Waals surface area contributed by atoms with Crippen LogP contribution in [0.2, 0.25) is 0 Å². The Balaban J connectivity index is 2.16. The Labute approximate surface area is 101 Å². The number of benzene rings is 1. The van der Waals surface area contributed by atoms with Crippen LogP contribution in [0.3, 0.4) is 0 Å². The molecule has 1 aromatic carbocycles. The van der Waals surface area contributed by atoms with E-state index in [4.69, 9.17) is 0 Å². The minimum Gasteiger partial charge on any atom is -0.293 e. The molecule has 16 heavy (non-hydrogen) atoms. The van der Waals surface area contributed by atoms with E-state index >= 15 is 0 Å². The summed E-state index contributed by atoms with van der Waals surface area (Å²) in [4.78, 5) is 11.9. The van der Waals surface area contributed by atoms with E-state index in [0.717, 1.165) is 29.4 Å². The lowest BCUT2D eigenvalue weighted by Gasteiger charge is -2.19. The van der Waals surface area contributed by atoms with Crippen LogP contribution in [0.5, 0.6) is 0 Å². The van der Waals surface area contributed by atoms with E-state index in [2.05, 4.69) is 0 Å². The van der Waals surface area contributed by atoms with Crippen molar-refractivity contribution in [3.05, 3.63) is 35.4 Å². The summed E-state index contributed by atoms with van der Waals surface area (Å²) in [5.74, 6) is 0.761. The molecule has 5 heteroatoms. The van der Waals surface area contributed by atoms with Crippen LogP contribution >= 0.6 is 23.5 Å². The minimum atomic E-state index is -0.959. The number of ketones is 1. The second-order valence-corrected chi connectivity index (χ2v) is 5.89. The van der Waals surface area contributed by atoms with Crippen LogP contribution < -0.4 is 0 Å². The van der Waals surface area contributed by atoms with Gasteiger partial charge in [0.15, 0.2) is 17.4 Å². The van der Waals surface area contributed by atoms with Gasteiger partial charge >= 0.3 is 0 Å². The molecule has 0 saturated carbocycles. The van der Waals surface area contributed by atoms with Crippen molar-refractivity contribution in [1.82, 2.24) is 0 Å². The van der Waals surface area contributed by atoms with E-state index in [1.54, 1.807) is 23.5 Å². The normalized spacial score (nSPS) is 20.8. The fraction of sp³-hybridized carbons (Fsp3) is 0.364. The van der Waals surface area contributed by atoms with Crippen molar-refractivity contribution in [2.45, 2.75) is 5.25 Å². The van der Waals surface area contributed by atoms with Gasteiger partial charge in [0, 0.05) is 22.8 Å². The number of Topliss-reactive ketones (excluding diaryl/α,β-unsaturated/α-hetero) is 1. The van der Waals surface area contributed by atoms with Crippen molar-refractivity contribution in [2.75, 3.05) is 17.3 Å². The topological polar surface area (TPSA) is 17.1 Å². The van der Waals surface area contributed by atoms with E-state index in [1.807, 2.05) is 0 Å². The number of halogens is 2. The molecular weight excluding hydrogens is 250 g/mol. The van der Waals surface area contributed by atoms with Crippen molar-refractivity contribution in [2.24, 2.45) is 0 Å². The zero-order valence-electron chi connectivity index (χ0n) is 8.41. The molecule has 1 aliphatic heterocycles. The van der Waals surface area contributed by atoms with Gasteiger partial charge in [0.1, 0.15) is 0 Å². The standard InChI is InChI=1S/C11H10F2OS2/c12-8-2-1-7(5-9(8)13)11(14)10-6-15-3-4-16-10/h1-2,5,10H,3-4,6H2. The molecule has 1 aliphatic rings. The Kier molecular flexibility index (Phi) is 3.86. The molecule has 1 atom stereocenters. The average molecular weight is 260 g/mol. The Morgan fingerprint density at radius 1 is 1.25 bits per heavy atom. The van der Waals surface area contributed by atoms with Crippen LogP contribution in [-0.2, 0) is 0 Å². The Morgan fingerprint density at radius 3 is 2.69 bits per heavy atom. The first-order chi connectivity index (χ1) is 7.68. The first kappa shape index (κ1) is 11.9. The molecule has 1 aromatic rings. The molecule has 1 heterocycles. The van der Waals surface area contributed by atoms with Gasteiger partial charge in [-0.05, 0) is 18.2 Å². The molecule has 0 aliphatic carbocycles. The largest absolute Gasteiger partial charge is 0.293 e. The SMILES string of the molecule is O=C(c1ccc(F)c(F)c1)C1CSCCS1. The maximum absolute atomic E-state index is 13.0. The molecule has 0 aromatic heterocycles. The highest BCUT2D eigenvalue weighted by molar-refractivity contribution is 8.07. The molecule has 1 fully saturated rings. The number of carbonyl (C=O) groups excluding carboxylic acids is 1. The smallest absolute Gasteiger partial charge is 0.176 e. The van der Waals surface area contributed by atoms with Crippen LogP contribution in [-0.4, -0.2) is 28.3 Å². The third kappa shape index (κ3) is 2.58. The lowest BCUT2D eigenvalue weighted by atomic mass is 10.1. The second-order valence-electron chi connectivity index (χ2n) is 3.43. The molecule has 1 unspecified atom stereocenters. The van der Waals surface area contributed by atoms with Gasteiger partial charge in [0.05, 0.1) is 5.25 Å². The summed E-state index contributed by atoms with van der Waals surface area (Å²) < 4.78 is 25.7. The van der Waals surface area contributed by atoms with Gasteiger partial charge in [-0.2, -0.15) is 11.8 Å². The maximum Gasteiger partial charge on any atom is 0.176 e. The molecule has 1 saturated heterocycles. The van der Waals surface area contributed by atoms with E-state index in [-0.39, 0.29) is 16.6 Å². The van der Waals surface area contributed by atoms with Crippen LogP contribution in [0.1, 0.15) is 10.4 Å². The summed E-state index contributed by atoms with van der Waals surface area (Å²) in [6.45, 7) is 0. The Morgan fingerprint density at radius 2 is 2.06 bits per heavy atom. The number of thioether (sulfide) groups is 2. The van der Waals surface area contributed by atoms with Gasteiger partial charge in [-0.3, -0.25) is 4.79 Å². The predicted molar refractivity (Wildman–Crippen MR) is 64.3 cm³/mol. The lowest BCUT2D eigenvalue weighted by molar-refractivity contribution is 0.0994. The summed E-state index contributed by atoms with van der Waals surface area (Å²) in [6, 6.07) is 3.33. The number of hydrogen-bond donors (Lipinski definition) is 0. The summed E-state index contributed by atoms with van der Waals surface area (Å²) in [6.07, 6.45) is 0. The molecule has 0 amide bonds. The van der Waals surface area contributed by atoms with Gasteiger partial charge in [0.25, 0.3) is 0 Å². The fourth-order valence-corrected chi connectivity index (χ4v) is 4.11. The van der Waals surface area contributed by atoms with Crippen LogP contribution in [0.4, 0.5) is 8.78 Å². The quantitative estimate of drug-likeness (QED) is 0.761. The molecule has 0 N–H and O–H groups in total. The lowest BCUT2D eigenvalue weighted by Crippen LogP contribution is -2.24. The second kappa shape index (κ2) is 5.19. The molecular formula is C11H10F2OS2. The first-order valence-corrected chi connectivity index (χ1v) is 7.07. The highest BCUT2D eigenvalue weighted by Crippen LogP contribution is 2.27. The van der Waals surface area contributed by atoms with Crippen molar-refractivity contribution in [1.29, 1.82) is 0 Å². The molecule has 0 spiro atoms. The van der Waals surface area contributed by atoms with Crippen LogP contribution in [0, 0.1) is 11.6 Å². The molecule has 0 bridgehead atoms. The zero-order chi connectivity index (χ0) is 11.5. The van der Waals surface area contributed by atoms with Gasteiger partial charge in [-0.15, -0.1) is 11.8 Å². The Bertz CT molecular complexity index is 403. The van der Waals surface area contributed by atoms with Gasteiger partial charge in [-0.1, -0.05) is 0 Å². The Hall–Kier alpha value is -0.550. The van der Waals surface area contributed by atoms with E-state index in [1.165, 1.54) is 6.07 Å². The maximum atomic E-state index is 13.0. The molecule has 0 radical (unpaired) electrons. The monoisotopic (exact) mass is 260 g/mol. The molecule has 2 rings (SSSR count). The van der Waals surface area contributed by atoms with E-state index in [0.29, 0.717) is 0 Å². The molecule has 1 nitrogen and oxygen atoms in total. The molecule has 86 valence electrons.